The molecule has 12 heteroatoms. The summed E-state index contributed by atoms with van der Waals surface area (Å²) >= 11 is 5.83. The summed E-state index contributed by atoms with van der Waals surface area (Å²) in [7, 11) is 0. The minimum Gasteiger partial charge on any atom is -0.477 e. The molecule has 1 saturated carbocycles. The highest BCUT2D eigenvalue weighted by atomic mass is 35.5. The van der Waals surface area contributed by atoms with Crippen LogP contribution >= 0.6 is 11.6 Å². The Morgan fingerprint density at radius 3 is 2.68 bits per heavy atom. The molecule has 1 aromatic heterocycles. The zero-order valence-electron chi connectivity index (χ0n) is 16.6. The molecule has 3 rings (SSSR count). The van der Waals surface area contributed by atoms with Gasteiger partial charge in [0.2, 0.25) is 11.8 Å². The van der Waals surface area contributed by atoms with Crippen LogP contribution in [0.4, 0.5) is 13.2 Å². The summed E-state index contributed by atoms with van der Waals surface area (Å²) < 4.78 is 43.5. The molecule has 1 aliphatic carbocycles. The van der Waals surface area contributed by atoms with Crippen molar-refractivity contribution in [3.63, 3.8) is 0 Å². The minimum atomic E-state index is -4.56. The summed E-state index contributed by atoms with van der Waals surface area (Å²) in [6.45, 7) is 1.98. The molecule has 0 radical (unpaired) electrons. The van der Waals surface area contributed by atoms with Gasteiger partial charge >= 0.3 is 6.18 Å². The Morgan fingerprint density at radius 2 is 2.10 bits per heavy atom. The second kappa shape index (κ2) is 9.13. The molecule has 0 spiro atoms. The number of primary amides is 1. The Balaban J connectivity index is 1.61. The molecule has 3 N–H and O–H groups in total. The topological polar surface area (TPSA) is 110 Å². The molecule has 1 atom stereocenters. The van der Waals surface area contributed by atoms with Gasteiger partial charge < -0.3 is 20.7 Å². The van der Waals surface area contributed by atoms with E-state index in [-0.39, 0.29) is 41.6 Å². The molecular weight excluding hydrogens is 439 g/mol. The van der Waals surface area contributed by atoms with Crippen molar-refractivity contribution in [2.24, 2.45) is 16.6 Å². The number of allylic oxidation sites excluding steroid dienone is 1. The lowest BCUT2D eigenvalue weighted by Gasteiger charge is -2.34. The maximum atomic E-state index is 12.7. The number of amides is 2. The van der Waals surface area contributed by atoms with Gasteiger partial charge in [-0.1, -0.05) is 11.6 Å². The fourth-order valence-electron chi connectivity index (χ4n) is 2.96. The van der Waals surface area contributed by atoms with Gasteiger partial charge in [-0.3, -0.25) is 9.59 Å². The van der Waals surface area contributed by atoms with Crippen molar-refractivity contribution in [3.8, 4) is 5.88 Å². The quantitative estimate of drug-likeness (QED) is 0.580. The fourth-order valence-corrected chi connectivity index (χ4v) is 3.18. The number of hydrogen-bond acceptors (Lipinski definition) is 6. The van der Waals surface area contributed by atoms with E-state index in [1.807, 2.05) is 0 Å². The highest BCUT2D eigenvalue weighted by Crippen LogP contribution is 2.33. The van der Waals surface area contributed by atoms with E-state index in [0.717, 1.165) is 18.9 Å². The third kappa shape index (κ3) is 5.87. The van der Waals surface area contributed by atoms with E-state index in [0.29, 0.717) is 18.3 Å². The van der Waals surface area contributed by atoms with Crippen LogP contribution in [0.2, 0.25) is 5.02 Å². The Morgan fingerprint density at radius 1 is 1.39 bits per heavy atom. The van der Waals surface area contributed by atoms with E-state index < -0.39 is 23.9 Å². The highest BCUT2D eigenvalue weighted by Gasteiger charge is 2.34. The number of carbonyl (C=O) groups excluding carboxylic acids is 2. The number of pyridine rings is 1. The van der Waals surface area contributed by atoms with Crippen molar-refractivity contribution in [2.45, 2.75) is 38.7 Å². The van der Waals surface area contributed by atoms with Crippen molar-refractivity contribution < 1.29 is 27.5 Å². The first kappa shape index (κ1) is 22.9. The molecule has 1 aromatic rings. The maximum Gasteiger partial charge on any atom is 0.417 e. The third-order valence-electron chi connectivity index (χ3n) is 4.67. The number of carbonyl (C=O) groups is 2. The largest absolute Gasteiger partial charge is 0.477 e. The summed E-state index contributed by atoms with van der Waals surface area (Å²) in [6.07, 6.45) is -1.22. The third-order valence-corrected chi connectivity index (χ3v) is 4.94. The summed E-state index contributed by atoms with van der Waals surface area (Å²) in [5, 5.41) is 2.54. The Labute approximate surface area is 181 Å². The SMILES string of the molecule is CC1=NC(NC(=O)C2CC2)N(CCCOc2ncc(C(F)(F)F)cc2Cl)C(C(N)=O)=C1. The predicted molar refractivity (Wildman–Crippen MR) is 106 cm³/mol. The van der Waals surface area contributed by atoms with Crippen LogP contribution in [0.3, 0.4) is 0 Å². The lowest BCUT2D eigenvalue weighted by Crippen LogP contribution is -2.51. The number of rotatable bonds is 8. The van der Waals surface area contributed by atoms with Crippen LogP contribution in [0, 0.1) is 5.92 Å². The molecule has 0 aromatic carbocycles. The van der Waals surface area contributed by atoms with E-state index in [1.165, 1.54) is 6.08 Å². The van der Waals surface area contributed by atoms with Gasteiger partial charge in [0.1, 0.15) is 10.7 Å². The Kier molecular flexibility index (Phi) is 6.73. The van der Waals surface area contributed by atoms with Crippen molar-refractivity contribution in [1.82, 2.24) is 15.2 Å². The molecule has 168 valence electrons. The average Bonchev–Trinajstić information content (AvgIpc) is 3.51. The van der Waals surface area contributed by atoms with Gasteiger partial charge in [-0.25, -0.2) is 9.98 Å². The zero-order valence-corrected chi connectivity index (χ0v) is 17.3. The van der Waals surface area contributed by atoms with E-state index in [1.54, 1.807) is 11.8 Å². The van der Waals surface area contributed by atoms with E-state index in [9.17, 15) is 22.8 Å². The Bertz CT molecular complexity index is 931. The van der Waals surface area contributed by atoms with Gasteiger partial charge in [0.15, 0.2) is 6.29 Å². The molecule has 2 amide bonds. The lowest BCUT2D eigenvalue weighted by atomic mass is 10.2. The van der Waals surface area contributed by atoms with Crippen molar-refractivity contribution in [3.05, 3.63) is 34.6 Å². The second-order valence-electron chi connectivity index (χ2n) is 7.22. The van der Waals surface area contributed by atoms with Crippen LogP contribution in [-0.2, 0) is 15.8 Å². The number of halogens is 4. The summed E-state index contributed by atoms with van der Waals surface area (Å²) in [6, 6.07) is 0.739. The van der Waals surface area contributed by atoms with Gasteiger partial charge in [-0.15, -0.1) is 0 Å². The molecular formula is C19H21ClF3N5O3. The predicted octanol–water partition coefficient (Wildman–Crippen LogP) is 2.48. The number of nitrogens with one attached hydrogen (secondary N) is 1. The van der Waals surface area contributed by atoms with Crippen LogP contribution < -0.4 is 15.8 Å². The number of nitrogens with zero attached hydrogens (tertiary/aromatic N) is 3. The van der Waals surface area contributed by atoms with Gasteiger partial charge in [-0.05, 0) is 38.3 Å². The second-order valence-corrected chi connectivity index (χ2v) is 7.63. The molecule has 1 fully saturated rings. The van der Waals surface area contributed by atoms with Crippen LogP contribution in [0.1, 0.15) is 31.7 Å². The molecule has 31 heavy (non-hydrogen) atoms. The first-order valence-corrected chi connectivity index (χ1v) is 9.92. The number of hydrogen-bond donors (Lipinski definition) is 2. The number of nitrogens with two attached hydrogens (primary N) is 1. The van der Waals surface area contributed by atoms with Crippen molar-refractivity contribution >= 4 is 29.1 Å². The van der Waals surface area contributed by atoms with E-state index in [4.69, 9.17) is 22.1 Å². The molecule has 1 unspecified atom stereocenters. The smallest absolute Gasteiger partial charge is 0.417 e. The number of alkyl halides is 3. The summed E-state index contributed by atoms with van der Waals surface area (Å²) in [5.74, 6) is -0.995. The molecule has 1 aliphatic heterocycles. The lowest BCUT2D eigenvalue weighted by molar-refractivity contribution is -0.137. The number of ether oxygens (including phenoxy) is 1. The molecule has 0 saturated heterocycles. The molecule has 2 aliphatic rings. The Hall–Kier alpha value is -2.82. The van der Waals surface area contributed by atoms with E-state index in [2.05, 4.69) is 15.3 Å². The maximum absolute atomic E-state index is 12.7. The summed E-state index contributed by atoms with van der Waals surface area (Å²) in [4.78, 5) is 33.6. The molecule has 8 nitrogen and oxygen atoms in total. The number of aromatic nitrogens is 1. The van der Waals surface area contributed by atoms with Crippen molar-refractivity contribution in [2.75, 3.05) is 13.2 Å². The van der Waals surface area contributed by atoms with Crippen LogP contribution in [0.5, 0.6) is 5.88 Å². The first-order valence-electron chi connectivity index (χ1n) is 9.54. The van der Waals surface area contributed by atoms with Gasteiger partial charge in [0.25, 0.3) is 5.91 Å². The van der Waals surface area contributed by atoms with E-state index >= 15 is 0 Å². The first-order chi connectivity index (χ1) is 14.6. The summed E-state index contributed by atoms with van der Waals surface area (Å²) in [5.41, 5.74) is 5.25. The van der Waals surface area contributed by atoms with Gasteiger partial charge in [-0.2, -0.15) is 13.2 Å². The molecule has 2 heterocycles. The van der Waals surface area contributed by atoms with Crippen LogP contribution in [-0.4, -0.2) is 46.9 Å². The molecule has 0 bridgehead atoms. The van der Waals surface area contributed by atoms with Gasteiger partial charge in [0, 0.05) is 24.4 Å². The van der Waals surface area contributed by atoms with Crippen molar-refractivity contribution in [1.29, 1.82) is 0 Å². The van der Waals surface area contributed by atoms with Crippen LogP contribution in [0.25, 0.3) is 0 Å². The highest BCUT2D eigenvalue weighted by molar-refractivity contribution is 6.31. The average molecular weight is 460 g/mol. The monoisotopic (exact) mass is 459 g/mol. The standard InChI is InChI=1S/C19H21ClF3N5O3/c1-10-7-14(15(24)29)28(18(26-10)27-16(30)11-3-4-11)5-2-6-31-17-13(20)8-12(9-25-17)19(21,22)23/h7-9,11,18H,2-6H2,1H3,(H2,24,29)(H,27,30). The van der Waals surface area contributed by atoms with Crippen LogP contribution in [0.15, 0.2) is 29.0 Å². The van der Waals surface area contributed by atoms with Gasteiger partial charge in [0.05, 0.1) is 12.2 Å². The minimum absolute atomic E-state index is 0.0449. The fraction of sp³-hybridized carbons (Fsp3) is 0.474. The zero-order chi connectivity index (χ0) is 22.8. The normalized spacial score (nSPS) is 18.9. The number of aliphatic imine (C=N–C) groups is 1.